The monoisotopic (exact) mass is 281 g/mol. The molecular weight excluding hydrogens is 266 g/mol. The number of benzene rings is 2. The molecule has 5 nitrogen and oxygen atoms in total. The molecule has 2 aromatic carbocycles. The number of nitrogens with zero attached hydrogens (tertiary/aromatic N) is 2. The molecule has 1 aromatic heterocycles. The van der Waals surface area contributed by atoms with Crippen LogP contribution in [0.1, 0.15) is 11.1 Å². The van der Waals surface area contributed by atoms with Gasteiger partial charge in [-0.3, -0.25) is 5.10 Å². The molecule has 3 aromatic rings. The summed E-state index contributed by atoms with van der Waals surface area (Å²) >= 11 is 0. The van der Waals surface area contributed by atoms with Crippen molar-refractivity contribution in [2.45, 2.75) is 13.2 Å². The molecule has 0 aliphatic rings. The lowest BCUT2D eigenvalue weighted by Gasteiger charge is -2.10. The van der Waals surface area contributed by atoms with Crippen molar-refractivity contribution in [3.63, 3.8) is 0 Å². The lowest BCUT2D eigenvalue weighted by atomic mass is 10.1. The molecule has 0 bridgehead atoms. The minimum atomic E-state index is 0.0511. The molecule has 0 spiro atoms. The third-order valence-electron chi connectivity index (χ3n) is 3.16. The van der Waals surface area contributed by atoms with Crippen molar-refractivity contribution in [3.05, 3.63) is 66.0 Å². The summed E-state index contributed by atoms with van der Waals surface area (Å²) in [4.78, 5) is 4.15. The van der Waals surface area contributed by atoms with Gasteiger partial charge in [0.1, 0.15) is 18.7 Å². The lowest BCUT2D eigenvalue weighted by molar-refractivity contribution is 0.281. The Morgan fingerprint density at radius 1 is 1.00 bits per heavy atom. The van der Waals surface area contributed by atoms with E-state index in [4.69, 9.17) is 9.84 Å². The molecule has 0 atom stereocenters. The predicted molar refractivity (Wildman–Crippen MR) is 78.5 cm³/mol. The van der Waals surface area contributed by atoms with Crippen molar-refractivity contribution in [1.29, 1.82) is 0 Å². The third kappa shape index (κ3) is 3.09. The van der Waals surface area contributed by atoms with Gasteiger partial charge in [0.15, 0.2) is 5.82 Å². The van der Waals surface area contributed by atoms with Gasteiger partial charge in [0.2, 0.25) is 0 Å². The minimum Gasteiger partial charge on any atom is -0.488 e. The van der Waals surface area contributed by atoms with Crippen molar-refractivity contribution in [3.8, 4) is 17.1 Å². The maximum absolute atomic E-state index is 9.03. The van der Waals surface area contributed by atoms with Crippen molar-refractivity contribution in [2.75, 3.05) is 0 Å². The number of ether oxygens (including phenoxy) is 1. The maximum Gasteiger partial charge on any atom is 0.159 e. The second-order valence-corrected chi connectivity index (χ2v) is 4.59. The highest BCUT2D eigenvalue weighted by molar-refractivity contribution is 5.63. The Morgan fingerprint density at radius 2 is 1.76 bits per heavy atom. The van der Waals surface area contributed by atoms with Crippen LogP contribution in [0.4, 0.5) is 0 Å². The van der Waals surface area contributed by atoms with Crippen LogP contribution in [0.15, 0.2) is 54.9 Å². The quantitative estimate of drug-likeness (QED) is 0.754. The van der Waals surface area contributed by atoms with Gasteiger partial charge in [-0.1, -0.05) is 36.4 Å². The minimum absolute atomic E-state index is 0.0511. The number of H-pyrrole nitrogens is 1. The topological polar surface area (TPSA) is 71.0 Å². The summed E-state index contributed by atoms with van der Waals surface area (Å²) in [5, 5.41) is 15.7. The fourth-order valence-electron chi connectivity index (χ4n) is 2.03. The molecule has 0 amide bonds. The Labute approximate surface area is 122 Å². The van der Waals surface area contributed by atoms with E-state index in [0.29, 0.717) is 12.4 Å². The van der Waals surface area contributed by atoms with E-state index in [1.54, 1.807) is 0 Å². The molecule has 0 radical (unpaired) electrons. The zero-order chi connectivity index (χ0) is 14.5. The van der Waals surface area contributed by atoms with E-state index in [0.717, 1.165) is 22.4 Å². The molecule has 5 heteroatoms. The largest absolute Gasteiger partial charge is 0.488 e. The molecule has 1 heterocycles. The number of aliphatic hydroxyl groups is 1. The third-order valence-corrected chi connectivity index (χ3v) is 3.16. The number of hydrogen-bond donors (Lipinski definition) is 2. The van der Waals surface area contributed by atoms with E-state index < -0.39 is 0 Å². The second-order valence-electron chi connectivity index (χ2n) is 4.59. The highest BCUT2D eigenvalue weighted by Crippen LogP contribution is 2.27. The van der Waals surface area contributed by atoms with Crippen LogP contribution in [0.3, 0.4) is 0 Å². The number of nitrogens with one attached hydrogen (secondary N) is 1. The number of aromatic nitrogens is 3. The number of para-hydroxylation sites is 1. The Morgan fingerprint density at radius 3 is 2.48 bits per heavy atom. The normalized spacial score (nSPS) is 10.5. The predicted octanol–water partition coefficient (Wildman–Crippen LogP) is 2.54. The molecule has 0 aliphatic carbocycles. The van der Waals surface area contributed by atoms with Crippen LogP contribution in [0.2, 0.25) is 0 Å². The van der Waals surface area contributed by atoms with Gasteiger partial charge in [0.25, 0.3) is 0 Å². The van der Waals surface area contributed by atoms with Crippen molar-refractivity contribution >= 4 is 0 Å². The van der Waals surface area contributed by atoms with Crippen LogP contribution in [0.5, 0.6) is 5.75 Å². The van der Waals surface area contributed by atoms with Gasteiger partial charge in [-0.15, -0.1) is 0 Å². The van der Waals surface area contributed by atoms with Gasteiger partial charge >= 0.3 is 0 Å². The zero-order valence-corrected chi connectivity index (χ0v) is 11.4. The van der Waals surface area contributed by atoms with Crippen LogP contribution in [0.25, 0.3) is 11.4 Å². The Balaban J connectivity index is 1.76. The highest BCUT2D eigenvalue weighted by Gasteiger charge is 2.08. The van der Waals surface area contributed by atoms with E-state index in [1.807, 2.05) is 48.5 Å². The molecule has 0 aliphatic heterocycles. The second kappa shape index (κ2) is 6.19. The average molecular weight is 281 g/mol. The van der Waals surface area contributed by atoms with Crippen LogP contribution in [-0.4, -0.2) is 20.3 Å². The zero-order valence-electron chi connectivity index (χ0n) is 11.4. The van der Waals surface area contributed by atoms with E-state index in [-0.39, 0.29) is 6.61 Å². The van der Waals surface area contributed by atoms with Crippen molar-refractivity contribution in [2.24, 2.45) is 0 Å². The van der Waals surface area contributed by atoms with Gasteiger partial charge < -0.3 is 9.84 Å². The molecule has 3 rings (SSSR count). The van der Waals surface area contributed by atoms with E-state index in [1.165, 1.54) is 6.33 Å². The van der Waals surface area contributed by atoms with Crippen molar-refractivity contribution < 1.29 is 9.84 Å². The summed E-state index contributed by atoms with van der Waals surface area (Å²) in [5.74, 6) is 1.43. The molecule has 0 saturated heterocycles. The fourth-order valence-corrected chi connectivity index (χ4v) is 2.03. The van der Waals surface area contributed by atoms with Crippen LogP contribution in [0, 0.1) is 0 Å². The molecule has 0 fully saturated rings. The summed E-state index contributed by atoms with van der Waals surface area (Å²) < 4.78 is 5.87. The fraction of sp³-hybridized carbons (Fsp3) is 0.125. The van der Waals surface area contributed by atoms with E-state index >= 15 is 0 Å². The smallest absolute Gasteiger partial charge is 0.159 e. The first-order valence-electron chi connectivity index (χ1n) is 6.63. The molecule has 21 heavy (non-hydrogen) atoms. The van der Waals surface area contributed by atoms with Crippen LogP contribution in [-0.2, 0) is 13.2 Å². The molecular formula is C16H15N3O2. The summed E-state index contributed by atoms with van der Waals surface area (Å²) in [7, 11) is 0. The summed E-state index contributed by atoms with van der Waals surface area (Å²) in [6.45, 7) is 0.506. The van der Waals surface area contributed by atoms with Gasteiger partial charge in [-0.2, -0.15) is 5.10 Å². The van der Waals surface area contributed by atoms with Crippen LogP contribution >= 0.6 is 0 Å². The maximum atomic E-state index is 9.03. The van der Waals surface area contributed by atoms with E-state index in [2.05, 4.69) is 15.2 Å². The molecule has 106 valence electrons. The van der Waals surface area contributed by atoms with Gasteiger partial charge in [-0.05, 0) is 23.3 Å². The molecule has 0 saturated carbocycles. The van der Waals surface area contributed by atoms with Crippen molar-refractivity contribution in [1.82, 2.24) is 15.2 Å². The molecule has 2 N–H and O–H groups in total. The number of aromatic amines is 1. The first-order chi connectivity index (χ1) is 10.4. The summed E-state index contributed by atoms with van der Waals surface area (Å²) in [6, 6.07) is 15.4. The first-order valence-corrected chi connectivity index (χ1v) is 6.63. The Hall–Kier alpha value is -2.66. The number of aliphatic hydroxyl groups excluding tert-OH is 1. The van der Waals surface area contributed by atoms with Gasteiger partial charge in [-0.25, -0.2) is 4.98 Å². The first kappa shape index (κ1) is 13.3. The van der Waals surface area contributed by atoms with Gasteiger partial charge in [0, 0.05) is 0 Å². The Kier molecular flexibility index (Phi) is 3.93. The van der Waals surface area contributed by atoms with E-state index in [9.17, 15) is 0 Å². The van der Waals surface area contributed by atoms with Crippen LogP contribution < -0.4 is 4.74 Å². The lowest BCUT2D eigenvalue weighted by Crippen LogP contribution is -1.98. The SMILES string of the molecule is OCc1ccc(COc2ccccc2-c2ncn[nH]2)cc1. The number of hydrogen-bond acceptors (Lipinski definition) is 4. The standard InChI is InChI=1S/C16H15N3O2/c20-9-12-5-7-13(8-6-12)10-21-15-4-2-1-3-14(15)16-17-11-18-19-16/h1-8,11,20H,9-10H2,(H,17,18,19). The average Bonchev–Trinajstić information content (AvgIpc) is 3.08. The highest BCUT2D eigenvalue weighted by atomic mass is 16.5. The summed E-state index contributed by atoms with van der Waals surface area (Å²) in [5.41, 5.74) is 2.81. The van der Waals surface area contributed by atoms with Gasteiger partial charge in [0.05, 0.1) is 12.2 Å². The number of rotatable bonds is 5. The molecule has 0 unspecified atom stereocenters. The Bertz CT molecular complexity index is 694. The summed E-state index contributed by atoms with van der Waals surface area (Å²) in [6.07, 6.45) is 1.47.